The molecule has 0 aliphatic carbocycles. The van der Waals surface area contributed by atoms with E-state index in [0.717, 1.165) is 31.7 Å². The fourth-order valence-electron chi connectivity index (χ4n) is 2.52. The largest absolute Gasteiger partial charge is 0.492 e. The molecule has 0 spiro atoms. The van der Waals surface area contributed by atoms with Crippen LogP contribution in [0.3, 0.4) is 0 Å². The molecule has 4 nitrogen and oxygen atoms in total. The maximum atomic E-state index is 11.9. The number of hydrogen-bond acceptors (Lipinski definition) is 3. The second-order valence-electron chi connectivity index (χ2n) is 5.89. The highest BCUT2D eigenvalue weighted by Crippen LogP contribution is 2.18. The van der Waals surface area contributed by atoms with Crippen LogP contribution >= 0.6 is 12.4 Å². The van der Waals surface area contributed by atoms with Crippen LogP contribution in [0.5, 0.6) is 5.75 Å². The number of amides is 1. The summed E-state index contributed by atoms with van der Waals surface area (Å²) in [5.74, 6) is 1.71. The minimum atomic E-state index is 0. The van der Waals surface area contributed by atoms with Crippen molar-refractivity contribution in [2.75, 3.05) is 26.2 Å². The van der Waals surface area contributed by atoms with Crippen molar-refractivity contribution in [1.29, 1.82) is 0 Å². The second kappa shape index (κ2) is 9.70. The van der Waals surface area contributed by atoms with Crippen LogP contribution in [0.15, 0.2) is 24.3 Å². The average molecular weight is 327 g/mol. The number of hydrogen-bond donors (Lipinski definition) is 2. The van der Waals surface area contributed by atoms with Crippen molar-refractivity contribution < 1.29 is 9.53 Å². The zero-order valence-corrected chi connectivity index (χ0v) is 14.2. The third kappa shape index (κ3) is 5.85. The van der Waals surface area contributed by atoms with Gasteiger partial charge in [0.05, 0.1) is 6.54 Å². The van der Waals surface area contributed by atoms with Crippen molar-refractivity contribution in [2.45, 2.75) is 32.6 Å². The molecule has 1 aromatic rings. The molecule has 124 valence electrons. The third-order valence-electron chi connectivity index (χ3n) is 3.93. The van der Waals surface area contributed by atoms with Crippen LogP contribution < -0.4 is 15.4 Å². The van der Waals surface area contributed by atoms with Crippen molar-refractivity contribution in [1.82, 2.24) is 10.6 Å². The van der Waals surface area contributed by atoms with E-state index in [2.05, 4.69) is 36.6 Å². The molecule has 2 N–H and O–H groups in total. The van der Waals surface area contributed by atoms with Crippen molar-refractivity contribution in [3.63, 3.8) is 0 Å². The summed E-state index contributed by atoms with van der Waals surface area (Å²) in [7, 11) is 0. The van der Waals surface area contributed by atoms with E-state index in [1.807, 2.05) is 12.1 Å². The van der Waals surface area contributed by atoms with Gasteiger partial charge in [0.2, 0.25) is 5.91 Å². The average Bonchev–Trinajstić information content (AvgIpc) is 2.52. The molecule has 1 amide bonds. The van der Waals surface area contributed by atoms with Crippen molar-refractivity contribution in [3.8, 4) is 5.75 Å². The van der Waals surface area contributed by atoms with E-state index in [4.69, 9.17) is 4.74 Å². The van der Waals surface area contributed by atoms with Gasteiger partial charge in [-0.25, -0.2) is 0 Å². The maximum absolute atomic E-state index is 11.9. The lowest BCUT2D eigenvalue weighted by atomic mass is 9.97. The lowest BCUT2D eigenvalue weighted by molar-refractivity contribution is -0.125. The Bertz CT molecular complexity index is 442. The number of piperidine rings is 1. The minimum absolute atomic E-state index is 0. The van der Waals surface area contributed by atoms with Gasteiger partial charge >= 0.3 is 0 Å². The predicted octanol–water partition coefficient (Wildman–Crippen LogP) is 2.73. The molecule has 22 heavy (non-hydrogen) atoms. The van der Waals surface area contributed by atoms with E-state index in [9.17, 15) is 4.79 Å². The summed E-state index contributed by atoms with van der Waals surface area (Å²) in [5.41, 5.74) is 1.31. The van der Waals surface area contributed by atoms with E-state index >= 15 is 0 Å². The summed E-state index contributed by atoms with van der Waals surface area (Å²) in [6, 6.07) is 8.16. The van der Waals surface area contributed by atoms with Crippen LogP contribution in [0.4, 0.5) is 0 Å². The quantitative estimate of drug-likeness (QED) is 0.790. The molecule has 1 aromatic carbocycles. The van der Waals surface area contributed by atoms with Crippen LogP contribution in [-0.4, -0.2) is 32.1 Å². The first-order chi connectivity index (χ1) is 10.2. The Labute approximate surface area is 139 Å². The van der Waals surface area contributed by atoms with E-state index in [0.29, 0.717) is 19.1 Å². The first-order valence-corrected chi connectivity index (χ1v) is 7.88. The molecular weight excluding hydrogens is 300 g/mol. The molecule has 0 aromatic heterocycles. The molecule has 1 heterocycles. The van der Waals surface area contributed by atoms with Crippen LogP contribution in [0.1, 0.15) is 38.2 Å². The number of nitrogens with one attached hydrogen (secondary N) is 2. The van der Waals surface area contributed by atoms with Gasteiger partial charge in [0.15, 0.2) is 0 Å². The van der Waals surface area contributed by atoms with Gasteiger partial charge < -0.3 is 15.4 Å². The molecule has 0 atom stereocenters. The molecule has 2 rings (SSSR count). The number of carbonyl (C=O) groups is 1. The fraction of sp³-hybridized carbons (Fsp3) is 0.588. The highest BCUT2D eigenvalue weighted by atomic mass is 35.5. The highest BCUT2D eigenvalue weighted by molar-refractivity contribution is 5.85. The number of ether oxygens (including phenoxy) is 1. The van der Waals surface area contributed by atoms with Gasteiger partial charge in [0, 0.05) is 5.92 Å². The first-order valence-electron chi connectivity index (χ1n) is 7.88. The molecule has 0 bridgehead atoms. The van der Waals surface area contributed by atoms with Crippen molar-refractivity contribution in [2.24, 2.45) is 5.92 Å². The van der Waals surface area contributed by atoms with E-state index < -0.39 is 0 Å². The summed E-state index contributed by atoms with van der Waals surface area (Å²) >= 11 is 0. The Morgan fingerprint density at radius 1 is 1.27 bits per heavy atom. The SMILES string of the molecule is CC(C)c1ccc(OCCNC(=O)C2CCNCC2)cc1.Cl. The normalized spacial score (nSPS) is 15.2. The third-order valence-corrected chi connectivity index (χ3v) is 3.93. The van der Waals surface area contributed by atoms with Gasteiger partial charge in [-0.05, 0) is 49.5 Å². The summed E-state index contributed by atoms with van der Waals surface area (Å²) in [6.07, 6.45) is 1.87. The van der Waals surface area contributed by atoms with Gasteiger partial charge in [0.25, 0.3) is 0 Å². The van der Waals surface area contributed by atoms with Gasteiger partial charge in [-0.2, -0.15) is 0 Å². The predicted molar refractivity (Wildman–Crippen MR) is 91.9 cm³/mol. The number of carbonyl (C=O) groups excluding carboxylic acids is 1. The standard InChI is InChI=1S/C17H26N2O2.ClH/c1-13(2)14-3-5-16(6-4-14)21-12-11-19-17(20)15-7-9-18-10-8-15;/h3-6,13,15,18H,7-12H2,1-2H3,(H,19,20);1H. The molecule has 1 saturated heterocycles. The van der Waals surface area contributed by atoms with Crippen LogP contribution in [0.25, 0.3) is 0 Å². The van der Waals surface area contributed by atoms with Crippen molar-refractivity contribution in [3.05, 3.63) is 29.8 Å². The highest BCUT2D eigenvalue weighted by Gasteiger charge is 2.20. The first kappa shape index (κ1) is 18.8. The monoisotopic (exact) mass is 326 g/mol. The Morgan fingerprint density at radius 2 is 1.91 bits per heavy atom. The number of halogens is 1. The summed E-state index contributed by atoms with van der Waals surface area (Å²) in [6.45, 7) is 7.30. The maximum Gasteiger partial charge on any atom is 0.223 e. The topological polar surface area (TPSA) is 50.4 Å². The molecule has 0 saturated carbocycles. The summed E-state index contributed by atoms with van der Waals surface area (Å²) in [5, 5.41) is 6.23. The van der Waals surface area contributed by atoms with Crippen LogP contribution in [0.2, 0.25) is 0 Å². The minimum Gasteiger partial charge on any atom is -0.492 e. The van der Waals surface area contributed by atoms with Gasteiger partial charge in [-0.15, -0.1) is 12.4 Å². The molecular formula is C17H27ClN2O2. The Balaban J connectivity index is 0.00000242. The van der Waals surface area contributed by atoms with E-state index in [-0.39, 0.29) is 24.2 Å². The lowest BCUT2D eigenvalue weighted by Gasteiger charge is -2.21. The van der Waals surface area contributed by atoms with Crippen molar-refractivity contribution >= 4 is 18.3 Å². The zero-order valence-electron chi connectivity index (χ0n) is 13.4. The van der Waals surface area contributed by atoms with E-state index in [1.54, 1.807) is 0 Å². The summed E-state index contributed by atoms with van der Waals surface area (Å²) < 4.78 is 5.65. The van der Waals surface area contributed by atoms with Gasteiger partial charge in [-0.3, -0.25) is 4.79 Å². The van der Waals surface area contributed by atoms with Crippen LogP contribution in [-0.2, 0) is 4.79 Å². The fourth-order valence-corrected chi connectivity index (χ4v) is 2.52. The smallest absolute Gasteiger partial charge is 0.223 e. The Hall–Kier alpha value is -1.26. The lowest BCUT2D eigenvalue weighted by Crippen LogP contribution is -2.39. The van der Waals surface area contributed by atoms with Gasteiger partial charge in [-0.1, -0.05) is 26.0 Å². The Morgan fingerprint density at radius 3 is 2.50 bits per heavy atom. The molecule has 0 radical (unpaired) electrons. The zero-order chi connectivity index (χ0) is 15.1. The van der Waals surface area contributed by atoms with Gasteiger partial charge in [0.1, 0.15) is 12.4 Å². The second-order valence-corrected chi connectivity index (χ2v) is 5.89. The molecule has 1 aliphatic heterocycles. The van der Waals surface area contributed by atoms with Crippen LogP contribution in [0, 0.1) is 5.92 Å². The summed E-state index contributed by atoms with van der Waals surface area (Å²) in [4.78, 5) is 11.9. The molecule has 5 heteroatoms. The Kier molecular flexibility index (Phi) is 8.28. The molecule has 1 fully saturated rings. The number of rotatable bonds is 6. The molecule has 1 aliphatic rings. The molecule has 0 unspecified atom stereocenters. The van der Waals surface area contributed by atoms with E-state index in [1.165, 1.54) is 5.56 Å². The number of benzene rings is 1.